The number of ether oxygens (including phenoxy) is 5. The molecule has 0 aliphatic rings. The van der Waals surface area contributed by atoms with Crippen LogP contribution in [0.15, 0.2) is 158 Å². The van der Waals surface area contributed by atoms with Crippen molar-refractivity contribution in [1.82, 2.24) is 21.3 Å². The van der Waals surface area contributed by atoms with Crippen LogP contribution in [0.25, 0.3) is 0 Å². The van der Waals surface area contributed by atoms with E-state index in [4.69, 9.17) is 29.4 Å². The number of aryl methyl sites for hydroxylation is 4. The summed E-state index contributed by atoms with van der Waals surface area (Å²) in [7, 11) is 1.92. The van der Waals surface area contributed by atoms with Gasteiger partial charge in [-0.3, -0.25) is 28.8 Å². The van der Waals surface area contributed by atoms with Crippen molar-refractivity contribution in [3.8, 4) is 0 Å². The third-order valence-electron chi connectivity index (χ3n) is 16.6. The van der Waals surface area contributed by atoms with Crippen LogP contribution >= 0.6 is 15.9 Å². The SMILES string of the molecule is CC(=O)[C@H](Cc1ccccc1)NC(=O)OCc1ccccc1.CC(CCCCNC(=O)OC(C)(C)C)C(=O)CBr.CNCCCCC(C)C(=O)COC(=O)c1c(C)cccc1C.Cc1cccc(C)c1C(=O)OCC(=O)C(CCCCN)NC(=O)C(CC(=O)OCc1ccccc1)Cc1ccccc1. The minimum Gasteiger partial charge on any atom is -0.461 e. The van der Waals surface area contributed by atoms with E-state index < -0.39 is 65.9 Å². The molecule has 3 amide bonds. The number of benzene rings is 6. The lowest BCUT2D eigenvalue weighted by molar-refractivity contribution is -0.148. The first-order valence-electron chi connectivity index (χ1n) is 35.6. The van der Waals surface area contributed by atoms with E-state index in [0.29, 0.717) is 61.7 Å². The number of amides is 3. The van der Waals surface area contributed by atoms with E-state index in [1.165, 1.54) is 6.92 Å². The normalized spacial score (nSPS) is 12.1. The Balaban J connectivity index is 0.000000386. The van der Waals surface area contributed by atoms with Gasteiger partial charge in [0.15, 0.2) is 30.6 Å². The van der Waals surface area contributed by atoms with Crippen molar-refractivity contribution in [3.05, 3.63) is 213 Å². The number of nitrogens with two attached hydrogens (primary N) is 1. The van der Waals surface area contributed by atoms with Crippen LogP contribution in [-0.2, 0) is 78.5 Å². The van der Waals surface area contributed by atoms with Crippen LogP contribution in [0.5, 0.6) is 0 Å². The molecule has 0 aliphatic heterocycles. The average molecular weight is 1500 g/mol. The van der Waals surface area contributed by atoms with E-state index in [1.807, 2.05) is 201 Å². The summed E-state index contributed by atoms with van der Waals surface area (Å²) in [6.07, 6.45) is 6.76. The summed E-state index contributed by atoms with van der Waals surface area (Å²) in [6, 6.07) is 47.3. The molecule has 104 heavy (non-hydrogen) atoms. The van der Waals surface area contributed by atoms with E-state index in [2.05, 4.69) is 37.2 Å². The zero-order valence-corrected chi connectivity index (χ0v) is 64.2. The number of unbranched alkanes of at least 4 members (excludes halogenated alkanes) is 3. The fourth-order valence-corrected chi connectivity index (χ4v) is 11.1. The lowest BCUT2D eigenvalue weighted by Crippen LogP contribution is -2.46. The molecule has 0 heterocycles. The summed E-state index contributed by atoms with van der Waals surface area (Å²) >= 11 is 3.16. The minimum atomic E-state index is -0.895. The van der Waals surface area contributed by atoms with Gasteiger partial charge in [0.2, 0.25) is 5.91 Å². The topological polar surface area (TPSA) is 291 Å². The number of nitrogens with one attached hydrogen (secondary N) is 4. The van der Waals surface area contributed by atoms with Crippen LogP contribution in [-0.4, -0.2) is 122 Å². The number of halogens is 1. The molecule has 6 aromatic carbocycles. The molecular formula is C83H110BrN5O15. The largest absolute Gasteiger partial charge is 0.461 e. The quantitative estimate of drug-likeness (QED) is 0.0104. The van der Waals surface area contributed by atoms with Crippen LogP contribution in [0, 0.1) is 45.4 Å². The van der Waals surface area contributed by atoms with E-state index in [1.54, 1.807) is 26.0 Å². The van der Waals surface area contributed by atoms with Crippen molar-refractivity contribution in [2.75, 3.05) is 45.2 Å². The number of Topliss-reactive ketones (excluding diaryl/α,β-unsaturated/α-hetero) is 4. The van der Waals surface area contributed by atoms with Gasteiger partial charge in [-0.25, -0.2) is 19.2 Å². The lowest BCUT2D eigenvalue weighted by Gasteiger charge is -2.22. The van der Waals surface area contributed by atoms with Crippen molar-refractivity contribution in [3.63, 3.8) is 0 Å². The van der Waals surface area contributed by atoms with Gasteiger partial charge in [-0.05, 0) is 178 Å². The third-order valence-corrected chi connectivity index (χ3v) is 17.2. The predicted molar refractivity (Wildman–Crippen MR) is 409 cm³/mol. The van der Waals surface area contributed by atoms with Crippen LogP contribution < -0.4 is 27.0 Å². The van der Waals surface area contributed by atoms with Gasteiger partial charge in [0.25, 0.3) is 0 Å². The molecule has 0 fully saturated rings. The van der Waals surface area contributed by atoms with E-state index in [-0.39, 0.29) is 61.5 Å². The third kappa shape index (κ3) is 37.3. The van der Waals surface area contributed by atoms with Crippen LogP contribution in [0.2, 0.25) is 0 Å². The molecule has 0 aliphatic carbocycles. The number of carbonyl (C=O) groups excluding carboxylic acids is 10. The Morgan fingerprint density at radius 2 is 0.904 bits per heavy atom. The summed E-state index contributed by atoms with van der Waals surface area (Å²) in [5.41, 5.74) is 13.0. The van der Waals surface area contributed by atoms with Crippen LogP contribution in [0.3, 0.4) is 0 Å². The van der Waals surface area contributed by atoms with Gasteiger partial charge in [-0.1, -0.05) is 200 Å². The standard InChI is InChI=1S/C34H40N2O6.C18H19NO3.C18H27NO3.C13H24BrNO3/c1-24-12-11-13-25(2)32(24)34(40)42-23-30(37)29(18-9-10-19-35)36-33(39)28(20-26-14-5-3-6-15-26)21-31(38)41-22-27-16-7-4-8-17-27;1-14(20)17(12-15-8-4-2-5-9-15)19-18(21)22-13-16-10-6-3-7-11-16;1-13(8-5-6-11-19-4)16(20)12-22-18(21)17-14(2)9-7-10-15(17)3;1-10(11(16)9-14)7-5-6-8-15-12(17)18-13(2,3)4/h3-8,11-17,28-29H,9-10,18-23,35H2,1-2H3,(H,36,39);2-11,17H,12-13H2,1H3,(H,19,21);7,9-10,13,19H,5-6,8,11-12H2,1-4H3;10H,5-9H2,1-4H3,(H,15,17)/t;17-;;/m.0../s1. The number of alkyl halides is 1. The molecule has 0 saturated heterocycles. The molecule has 0 aromatic heterocycles. The maximum Gasteiger partial charge on any atom is 0.408 e. The number of hydrogen-bond donors (Lipinski definition) is 5. The Kier molecular flexibility index (Phi) is 43.0. The number of rotatable bonds is 38. The fraction of sp³-hybridized carbons (Fsp3) is 0.446. The summed E-state index contributed by atoms with van der Waals surface area (Å²) in [5.74, 6) is -3.00. The average Bonchev–Trinajstić information content (AvgIpc) is 0.847. The second-order valence-electron chi connectivity index (χ2n) is 26.7. The molecule has 5 atom stereocenters. The molecule has 0 bridgehead atoms. The molecule has 20 nitrogen and oxygen atoms in total. The first-order valence-corrected chi connectivity index (χ1v) is 36.8. The molecule has 0 radical (unpaired) electrons. The molecular weight excluding hydrogens is 1390 g/mol. The van der Waals surface area contributed by atoms with Gasteiger partial charge < -0.3 is 50.7 Å². The maximum absolute atomic E-state index is 13.6. The Morgan fingerprint density at radius 1 is 0.471 bits per heavy atom. The number of hydrogen-bond acceptors (Lipinski definition) is 17. The van der Waals surface area contributed by atoms with E-state index >= 15 is 0 Å². The van der Waals surface area contributed by atoms with Gasteiger partial charge >= 0.3 is 30.1 Å². The highest BCUT2D eigenvalue weighted by Gasteiger charge is 2.30. The van der Waals surface area contributed by atoms with Crippen molar-refractivity contribution in [2.45, 2.75) is 177 Å². The second-order valence-corrected chi connectivity index (χ2v) is 27.2. The number of esters is 3. The van der Waals surface area contributed by atoms with Gasteiger partial charge in [0.05, 0.1) is 40.9 Å². The summed E-state index contributed by atoms with van der Waals surface area (Å²) in [6.45, 7) is 19.8. The van der Waals surface area contributed by atoms with Crippen molar-refractivity contribution in [1.29, 1.82) is 0 Å². The molecule has 6 aromatic rings. The van der Waals surface area contributed by atoms with Gasteiger partial charge in [-0.2, -0.15) is 0 Å². The molecule has 0 spiro atoms. The maximum atomic E-state index is 13.6. The van der Waals surface area contributed by atoms with Gasteiger partial charge in [0.1, 0.15) is 24.6 Å². The Morgan fingerprint density at radius 3 is 1.36 bits per heavy atom. The Bertz CT molecular complexity index is 3550. The lowest BCUT2D eigenvalue weighted by atomic mass is 9.94. The smallest absolute Gasteiger partial charge is 0.408 e. The molecule has 6 rings (SSSR count). The van der Waals surface area contributed by atoms with Crippen LogP contribution in [0.1, 0.15) is 171 Å². The first-order chi connectivity index (χ1) is 49.7. The van der Waals surface area contributed by atoms with E-state index in [0.717, 1.165) is 89.6 Å². The highest BCUT2D eigenvalue weighted by atomic mass is 79.9. The van der Waals surface area contributed by atoms with Crippen LogP contribution in [0.4, 0.5) is 9.59 Å². The second kappa shape index (κ2) is 50.3. The molecule has 0 saturated carbocycles. The monoisotopic (exact) mass is 1500 g/mol. The zero-order chi connectivity index (χ0) is 76.8. The van der Waals surface area contributed by atoms with Crippen molar-refractivity contribution >= 4 is 75.1 Å². The summed E-state index contributed by atoms with van der Waals surface area (Å²) in [5, 5.41) is 11.7. The minimum absolute atomic E-state index is 0.0101. The van der Waals surface area contributed by atoms with E-state index in [9.17, 15) is 47.9 Å². The Labute approximate surface area is 623 Å². The molecule has 564 valence electrons. The summed E-state index contributed by atoms with van der Waals surface area (Å²) < 4.78 is 26.3. The molecule has 6 N–H and O–H groups in total. The number of alkyl carbamates (subject to hydrolysis) is 2. The zero-order valence-electron chi connectivity index (χ0n) is 62.6. The van der Waals surface area contributed by atoms with Crippen molar-refractivity contribution in [2.24, 2.45) is 23.5 Å². The predicted octanol–water partition coefficient (Wildman–Crippen LogP) is 14.1. The molecule has 4 unspecified atom stereocenters. The number of ketones is 4. The van der Waals surface area contributed by atoms with Gasteiger partial charge in [-0.15, -0.1) is 0 Å². The summed E-state index contributed by atoms with van der Waals surface area (Å²) in [4.78, 5) is 123. The Hall–Kier alpha value is -9.18. The van der Waals surface area contributed by atoms with Gasteiger partial charge in [0, 0.05) is 18.4 Å². The first kappa shape index (κ1) is 89.0. The highest BCUT2D eigenvalue weighted by Crippen LogP contribution is 2.20. The fourth-order valence-electron chi connectivity index (χ4n) is 10.5. The highest BCUT2D eigenvalue weighted by molar-refractivity contribution is 9.09. The molecule has 21 heteroatoms. The van der Waals surface area contributed by atoms with Crippen molar-refractivity contribution < 1.29 is 71.6 Å². The number of carbonyl (C=O) groups is 10.